The summed E-state index contributed by atoms with van der Waals surface area (Å²) in [6.07, 6.45) is 5.40. The van der Waals surface area contributed by atoms with E-state index in [-0.39, 0.29) is 11.7 Å². The lowest BCUT2D eigenvalue weighted by atomic mass is 10.2. The van der Waals surface area contributed by atoms with E-state index in [0.29, 0.717) is 12.1 Å². The van der Waals surface area contributed by atoms with Gasteiger partial charge in [0.25, 0.3) is 5.91 Å². The van der Waals surface area contributed by atoms with Crippen LogP contribution in [0.5, 0.6) is 0 Å². The average molecular weight is 255 g/mol. The van der Waals surface area contributed by atoms with Crippen molar-refractivity contribution in [2.24, 2.45) is 0 Å². The topological polar surface area (TPSA) is 29.1 Å². The molecule has 1 aromatic rings. The number of rotatable bonds is 7. The minimum absolute atomic E-state index is 0.130. The van der Waals surface area contributed by atoms with Crippen LogP contribution in [0.1, 0.15) is 29.6 Å². The number of hydrogen-bond acceptors (Lipinski definition) is 2. The lowest BCUT2D eigenvalue weighted by molar-refractivity contribution is 0.0953. The molecule has 0 saturated heterocycles. The monoisotopic (exact) mass is 255 g/mol. The highest BCUT2D eigenvalue weighted by Crippen LogP contribution is 2.03. The number of carbonyl (C=O) groups is 1. The molecule has 0 aliphatic rings. The van der Waals surface area contributed by atoms with Crippen LogP contribution in [-0.4, -0.2) is 24.5 Å². The van der Waals surface area contributed by atoms with Gasteiger partial charge in [-0.1, -0.05) is 6.42 Å². The van der Waals surface area contributed by atoms with E-state index in [1.54, 1.807) is 0 Å². The van der Waals surface area contributed by atoms with Gasteiger partial charge in [-0.05, 0) is 49.1 Å². The number of carbonyl (C=O) groups excluding carboxylic acids is 1. The quantitative estimate of drug-likeness (QED) is 0.759. The number of nitrogens with one attached hydrogen (secondary N) is 1. The van der Waals surface area contributed by atoms with Crippen LogP contribution in [0.4, 0.5) is 4.39 Å². The van der Waals surface area contributed by atoms with Crippen molar-refractivity contribution in [1.82, 2.24) is 5.32 Å². The minimum atomic E-state index is -0.321. The molecule has 0 spiro atoms. The molecule has 0 saturated carbocycles. The van der Waals surface area contributed by atoms with Crippen molar-refractivity contribution in [1.29, 1.82) is 0 Å². The zero-order valence-electron chi connectivity index (χ0n) is 10.0. The first-order valence-corrected chi connectivity index (χ1v) is 7.16. The molecule has 94 valence electrons. The Labute approximate surface area is 106 Å². The summed E-state index contributed by atoms with van der Waals surface area (Å²) in [5, 5.41) is 2.83. The van der Waals surface area contributed by atoms with Crippen LogP contribution in [-0.2, 0) is 0 Å². The highest BCUT2D eigenvalue weighted by molar-refractivity contribution is 7.98. The van der Waals surface area contributed by atoms with Crippen molar-refractivity contribution in [3.8, 4) is 0 Å². The Bertz CT molecular complexity index is 340. The normalized spacial score (nSPS) is 10.2. The summed E-state index contributed by atoms with van der Waals surface area (Å²) in [5.74, 6) is 0.722. The molecule has 0 aliphatic carbocycles. The van der Waals surface area contributed by atoms with E-state index in [9.17, 15) is 9.18 Å². The summed E-state index contributed by atoms with van der Waals surface area (Å²) in [5.41, 5.74) is 0.510. The maximum atomic E-state index is 12.6. The number of amides is 1. The van der Waals surface area contributed by atoms with Gasteiger partial charge in [0.1, 0.15) is 5.82 Å². The predicted molar refractivity (Wildman–Crippen MR) is 71.0 cm³/mol. The fourth-order valence-electron chi connectivity index (χ4n) is 1.45. The molecule has 2 nitrogen and oxygen atoms in total. The molecule has 1 amide bonds. The summed E-state index contributed by atoms with van der Waals surface area (Å²) < 4.78 is 12.6. The Morgan fingerprint density at radius 3 is 2.59 bits per heavy atom. The summed E-state index contributed by atoms with van der Waals surface area (Å²) in [6.45, 7) is 0.685. The van der Waals surface area contributed by atoms with Gasteiger partial charge in [-0.2, -0.15) is 11.8 Å². The Hall–Kier alpha value is -1.03. The maximum Gasteiger partial charge on any atom is 0.251 e. The second kappa shape index (κ2) is 8.12. The molecule has 1 N–H and O–H groups in total. The fourth-order valence-corrected chi connectivity index (χ4v) is 1.95. The minimum Gasteiger partial charge on any atom is -0.352 e. The van der Waals surface area contributed by atoms with Crippen LogP contribution in [0.25, 0.3) is 0 Å². The standard InChI is InChI=1S/C13H18FNOS/c1-17-10-4-2-3-9-15-13(16)11-5-7-12(14)8-6-11/h5-8H,2-4,9-10H2,1H3,(H,15,16). The lowest BCUT2D eigenvalue weighted by Crippen LogP contribution is -2.24. The van der Waals surface area contributed by atoms with Gasteiger partial charge >= 0.3 is 0 Å². The molecule has 1 rings (SSSR count). The van der Waals surface area contributed by atoms with E-state index in [4.69, 9.17) is 0 Å². The fraction of sp³-hybridized carbons (Fsp3) is 0.462. The zero-order valence-corrected chi connectivity index (χ0v) is 10.9. The van der Waals surface area contributed by atoms with Gasteiger partial charge in [0.05, 0.1) is 0 Å². The SMILES string of the molecule is CSCCCCCNC(=O)c1ccc(F)cc1. The first-order chi connectivity index (χ1) is 8.24. The first-order valence-electron chi connectivity index (χ1n) is 5.76. The smallest absolute Gasteiger partial charge is 0.251 e. The third-order valence-electron chi connectivity index (χ3n) is 2.42. The van der Waals surface area contributed by atoms with E-state index in [1.165, 1.54) is 36.4 Å². The van der Waals surface area contributed by atoms with Crippen molar-refractivity contribution >= 4 is 17.7 Å². The Morgan fingerprint density at radius 2 is 1.94 bits per heavy atom. The van der Waals surface area contributed by atoms with Crippen molar-refractivity contribution in [3.05, 3.63) is 35.6 Å². The molecule has 0 aliphatic heterocycles. The van der Waals surface area contributed by atoms with Gasteiger partial charge in [0, 0.05) is 12.1 Å². The van der Waals surface area contributed by atoms with E-state index in [0.717, 1.165) is 12.8 Å². The molecule has 0 fully saturated rings. The Balaban J connectivity index is 2.19. The Kier molecular flexibility index (Phi) is 6.70. The van der Waals surface area contributed by atoms with E-state index >= 15 is 0 Å². The van der Waals surface area contributed by atoms with E-state index in [2.05, 4.69) is 11.6 Å². The molecule has 0 unspecified atom stereocenters. The molecule has 0 bridgehead atoms. The van der Waals surface area contributed by atoms with Crippen LogP contribution >= 0.6 is 11.8 Å². The number of halogens is 1. The molecule has 0 heterocycles. The highest BCUT2D eigenvalue weighted by Gasteiger charge is 2.03. The molecular weight excluding hydrogens is 237 g/mol. The van der Waals surface area contributed by atoms with Crippen molar-refractivity contribution in [2.75, 3.05) is 18.6 Å². The van der Waals surface area contributed by atoms with Crippen LogP contribution in [0.3, 0.4) is 0 Å². The van der Waals surface area contributed by atoms with Gasteiger partial charge in [-0.15, -0.1) is 0 Å². The Morgan fingerprint density at radius 1 is 1.24 bits per heavy atom. The van der Waals surface area contributed by atoms with Gasteiger partial charge in [0.2, 0.25) is 0 Å². The average Bonchev–Trinajstić information content (AvgIpc) is 2.34. The van der Waals surface area contributed by atoms with Crippen molar-refractivity contribution in [3.63, 3.8) is 0 Å². The van der Waals surface area contributed by atoms with Crippen LogP contribution in [0, 0.1) is 5.82 Å². The van der Waals surface area contributed by atoms with Gasteiger partial charge in [-0.25, -0.2) is 4.39 Å². The zero-order chi connectivity index (χ0) is 12.5. The van der Waals surface area contributed by atoms with Crippen LogP contribution in [0.15, 0.2) is 24.3 Å². The molecule has 0 atom stereocenters. The summed E-state index contributed by atoms with van der Waals surface area (Å²) in [6, 6.07) is 5.59. The molecule has 1 aromatic carbocycles. The first kappa shape index (κ1) is 14.0. The van der Waals surface area contributed by atoms with Crippen molar-refractivity contribution in [2.45, 2.75) is 19.3 Å². The number of hydrogen-bond donors (Lipinski definition) is 1. The molecule has 17 heavy (non-hydrogen) atoms. The van der Waals surface area contributed by atoms with E-state index < -0.39 is 0 Å². The summed E-state index contributed by atoms with van der Waals surface area (Å²) >= 11 is 1.84. The lowest BCUT2D eigenvalue weighted by Gasteiger charge is -2.04. The molecule has 4 heteroatoms. The van der Waals surface area contributed by atoms with Gasteiger partial charge < -0.3 is 5.32 Å². The summed E-state index contributed by atoms with van der Waals surface area (Å²) in [4.78, 5) is 11.6. The number of unbranched alkanes of at least 4 members (excludes halogenated alkanes) is 2. The van der Waals surface area contributed by atoms with Crippen molar-refractivity contribution < 1.29 is 9.18 Å². The maximum absolute atomic E-state index is 12.6. The second-order valence-electron chi connectivity index (χ2n) is 3.82. The third-order valence-corrected chi connectivity index (χ3v) is 3.11. The summed E-state index contributed by atoms with van der Waals surface area (Å²) in [7, 11) is 0. The van der Waals surface area contributed by atoms with Gasteiger partial charge in [0.15, 0.2) is 0 Å². The number of benzene rings is 1. The predicted octanol–water partition coefficient (Wildman–Crippen LogP) is 3.09. The number of thioether (sulfide) groups is 1. The van der Waals surface area contributed by atoms with Crippen LogP contribution in [0.2, 0.25) is 0 Å². The second-order valence-corrected chi connectivity index (χ2v) is 4.80. The molecule has 0 radical (unpaired) electrons. The van der Waals surface area contributed by atoms with Crippen LogP contribution < -0.4 is 5.32 Å². The molecule has 0 aromatic heterocycles. The highest BCUT2D eigenvalue weighted by atomic mass is 32.2. The van der Waals surface area contributed by atoms with Gasteiger partial charge in [-0.3, -0.25) is 4.79 Å². The van der Waals surface area contributed by atoms with E-state index in [1.807, 2.05) is 11.8 Å². The third kappa shape index (κ3) is 5.73. The molecular formula is C13H18FNOS. The largest absolute Gasteiger partial charge is 0.352 e.